The van der Waals surface area contributed by atoms with Gasteiger partial charge in [-0.15, -0.1) is 10.2 Å². The number of pyridine rings is 1. The smallest absolute Gasteiger partial charge is 0.251 e. The molecule has 0 radical (unpaired) electrons. The van der Waals surface area contributed by atoms with Crippen LogP contribution in [0.15, 0.2) is 48.7 Å². The SMILES string of the molecule is O=C(N[C@@H]1CCNC1)c1ccc(F)c(-c2ccc(NC[C@]3(c4ncccc4F)C[C@H](F)C3)nn2)c1. The molecule has 7 nitrogen and oxygen atoms in total. The standard InChI is InChI=1S/C25H25F3N6O/c26-16-11-25(12-16,23-20(28)2-1-8-30-23)14-31-22-6-5-21(33-34-22)18-10-15(3-4-19(18)27)24(35)32-17-7-9-29-13-17/h1-6,8,10,16-17,29H,7,9,11-14H2,(H,31,34)(H,32,35)/t16-,17-,25-/m1/s1. The Morgan fingerprint density at radius 3 is 2.66 bits per heavy atom. The van der Waals surface area contributed by atoms with Crippen LogP contribution in [0, 0.1) is 11.6 Å². The summed E-state index contributed by atoms with van der Waals surface area (Å²) in [5.74, 6) is -0.877. The van der Waals surface area contributed by atoms with Crippen LogP contribution in [0.3, 0.4) is 0 Å². The number of carbonyl (C=O) groups excluding carboxylic acids is 1. The first-order valence-electron chi connectivity index (χ1n) is 11.6. The summed E-state index contributed by atoms with van der Waals surface area (Å²) in [5.41, 5.74) is 0.225. The van der Waals surface area contributed by atoms with Gasteiger partial charge in [-0.05, 0) is 68.3 Å². The molecule has 1 saturated carbocycles. The zero-order chi connectivity index (χ0) is 24.4. The Kier molecular flexibility index (Phi) is 6.38. The van der Waals surface area contributed by atoms with Crippen molar-refractivity contribution in [3.63, 3.8) is 0 Å². The van der Waals surface area contributed by atoms with Crippen LogP contribution >= 0.6 is 0 Å². The average molecular weight is 483 g/mol. The van der Waals surface area contributed by atoms with E-state index >= 15 is 0 Å². The van der Waals surface area contributed by atoms with Crippen LogP contribution in [0.25, 0.3) is 11.3 Å². The first-order chi connectivity index (χ1) is 16.9. The molecule has 0 spiro atoms. The number of alkyl halides is 1. The minimum absolute atomic E-state index is 0.0485. The van der Waals surface area contributed by atoms with E-state index in [-0.39, 0.29) is 48.3 Å². The number of hydrogen-bond donors (Lipinski definition) is 3. The second-order valence-electron chi connectivity index (χ2n) is 9.13. The van der Waals surface area contributed by atoms with Gasteiger partial charge in [0.25, 0.3) is 5.91 Å². The van der Waals surface area contributed by atoms with E-state index in [4.69, 9.17) is 0 Å². The van der Waals surface area contributed by atoms with E-state index in [1.54, 1.807) is 12.1 Å². The first kappa shape index (κ1) is 23.2. The number of nitrogens with zero attached hydrogens (tertiary/aromatic N) is 3. The van der Waals surface area contributed by atoms with Gasteiger partial charge in [0.2, 0.25) is 0 Å². The lowest BCUT2D eigenvalue weighted by atomic mass is 9.65. The van der Waals surface area contributed by atoms with Crippen molar-refractivity contribution in [1.29, 1.82) is 0 Å². The van der Waals surface area contributed by atoms with E-state index in [9.17, 15) is 18.0 Å². The molecule has 3 N–H and O–H groups in total. The van der Waals surface area contributed by atoms with Gasteiger partial charge in [-0.2, -0.15) is 0 Å². The van der Waals surface area contributed by atoms with Crippen molar-refractivity contribution < 1.29 is 18.0 Å². The van der Waals surface area contributed by atoms with Gasteiger partial charge in [0.1, 0.15) is 23.6 Å². The third-order valence-corrected chi connectivity index (χ3v) is 6.66. The van der Waals surface area contributed by atoms with Crippen molar-refractivity contribution in [1.82, 2.24) is 25.8 Å². The Hall–Kier alpha value is -3.53. The largest absolute Gasteiger partial charge is 0.368 e. The summed E-state index contributed by atoms with van der Waals surface area (Å²) in [6.07, 6.45) is 1.66. The van der Waals surface area contributed by atoms with Gasteiger partial charge < -0.3 is 16.0 Å². The molecule has 0 bridgehead atoms. The Bertz CT molecular complexity index is 1210. The Balaban J connectivity index is 1.29. The third kappa shape index (κ3) is 4.84. The number of amides is 1. The molecule has 1 amide bonds. The summed E-state index contributed by atoms with van der Waals surface area (Å²) in [6, 6.07) is 10.2. The van der Waals surface area contributed by atoms with Crippen molar-refractivity contribution in [2.45, 2.75) is 36.9 Å². The molecule has 2 fully saturated rings. The van der Waals surface area contributed by atoms with Gasteiger partial charge in [0.15, 0.2) is 0 Å². The maximum absolute atomic E-state index is 14.5. The van der Waals surface area contributed by atoms with E-state index < -0.39 is 23.2 Å². The lowest BCUT2D eigenvalue weighted by Gasteiger charge is -2.44. The molecule has 1 aliphatic carbocycles. The average Bonchev–Trinajstić information content (AvgIpc) is 3.35. The molecule has 0 unspecified atom stereocenters. The van der Waals surface area contributed by atoms with Crippen LogP contribution in [0.5, 0.6) is 0 Å². The highest BCUT2D eigenvalue weighted by atomic mass is 19.1. The van der Waals surface area contributed by atoms with Gasteiger partial charge in [-0.1, -0.05) is 0 Å². The molecule has 10 heteroatoms. The molecule has 1 aromatic carbocycles. The van der Waals surface area contributed by atoms with Gasteiger partial charge in [-0.3, -0.25) is 9.78 Å². The van der Waals surface area contributed by atoms with Crippen LogP contribution in [-0.2, 0) is 5.41 Å². The first-order valence-corrected chi connectivity index (χ1v) is 11.6. The lowest BCUT2D eigenvalue weighted by molar-refractivity contribution is 0.0939. The molecule has 2 aliphatic rings. The second-order valence-corrected chi connectivity index (χ2v) is 9.13. The molecule has 3 aromatic rings. The highest BCUT2D eigenvalue weighted by molar-refractivity contribution is 5.95. The second kappa shape index (κ2) is 9.61. The fourth-order valence-electron chi connectivity index (χ4n) is 4.72. The number of aromatic nitrogens is 3. The zero-order valence-electron chi connectivity index (χ0n) is 18.9. The highest BCUT2D eigenvalue weighted by Gasteiger charge is 2.48. The molecular formula is C25H25F3N6O. The maximum Gasteiger partial charge on any atom is 0.251 e. The van der Waals surface area contributed by atoms with E-state index in [0.29, 0.717) is 17.9 Å². The van der Waals surface area contributed by atoms with Crippen molar-refractivity contribution in [2.75, 3.05) is 25.0 Å². The Morgan fingerprint density at radius 2 is 1.97 bits per heavy atom. The zero-order valence-corrected chi connectivity index (χ0v) is 18.9. The molecule has 3 heterocycles. The summed E-state index contributed by atoms with van der Waals surface area (Å²) >= 11 is 0. The van der Waals surface area contributed by atoms with Gasteiger partial charge >= 0.3 is 0 Å². The summed E-state index contributed by atoms with van der Waals surface area (Å²) in [7, 11) is 0. The summed E-state index contributed by atoms with van der Waals surface area (Å²) < 4.78 is 42.6. The van der Waals surface area contributed by atoms with Gasteiger partial charge in [0, 0.05) is 41.9 Å². The number of halogens is 3. The van der Waals surface area contributed by atoms with Crippen molar-refractivity contribution >= 4 is 11.7 Å². The molecule has 35 heavy (non-hydrogen) atoms. The molecule has 1 atom stereocenters. The van der Waals surface area contributed by atoms with Crippen molar-refractivity contribution in [2.24, 2.45) is 0 Å². The molecular weight excluding hydrogens is 457 g/mol. The van der Waals surface area contributed by atoms with E-state index in [2.05, 4.69) is 31.1 Å². The number of benzene rings is 1. The Morgan fingerprint density at radius 1 is 1.11 bits per heavy atom. The monoisotopic (exact) mass is 482 g/mol. The predicted octanol–water partition coefficient (Wildman–Crippen LogP) is 3.39. The Labute approximate surface area is 200 Å². The summed E-state index contributed by atoms with van der Waals surface area (Å²) in [4.78, 5) is 16.7. The van der Waals surface area contributed by atoms with Crippen LogP contribution in [0.4, 0.5) is 19.0 Å². The summed E-state index contributed by atoms with van der Waals surface area (Å²) in [6.45, 7) is 1.79. The number of carbonyl (C=O) groups is 1. The minimum atomic E-state index is -1.01. The number of nitrogens with one attached hydrogen (secondary N) is 3. The fraction of sp³-hybridized carbons (Fsp3) is 0.360. The minimum Gasteiger partial charge on any atom is -0.368 e. The summed E-state index contributed by atoms with van der Waals surface area (Å²) in [5, 5.41) is 17.4. The predicted molar refractivity (Wildman–Crippen MR) is 125 cm³/mol. The van der Waals surface area contributed by atoms with Crippen LogP contribution < -0.4 is 16.0 Å². The number of anilines is 1. The van der Waals surface area contributed by atoms with Crippen molar-refractivity contribution in [3.8, 4) is 11.3 Å². The van der Waals surface area contributed by atoms with Gasteiger partial charge in [0.05, 0.1) is 11.4 Å². The van der Waals surface area contributed by atoms with Crippen molar-refractivity contribution in [3.05, 3.63) is 71.6 Å². The number of hydrogen-bond acceptors (Lipinski definition) is 6. The molecule has 1 aliphatic heterocycles. The lowest BCUT2D eigenvalue weighted by Crippen LogP contribution is -2.49. The van der Waals surface area contributed by atoms with E-state index in [0.717, 1.165) is 13.0 Å². The third-order valence-electron chi connectivity index (χ3n) is 6.66. The molecule has 5 rings (SSSR count). The molecule has 2 aromatic heterocycles. The normalized spacial score (nSPS) is 23.5. The fourth-order valence-corrected chi connectivity index (χ4v) is 4.72. The van der Waals surface area contributed by atoms with Crippen LogP contribution in [0.2, 0.25) is 0 Å². The van der Waals surface area contributed by atoms with E-state index in [1.165, 1.54) is 36.5 Å². The number of rotatable bonds is 7. The molecule has 182 valence electrons. The van der Waals surface area contributed by atoms with Gasteiger partial charge in [-0.25, -0.2) is 13.2 Å². The van der Waals surface area contributed by atoms with Crippen LogP contribution in [-0.4, -0.2) is 52.9 Å². The van der Waals surface area contributed by atoms with E-state index in [1.807, 2.05) is 0 Å². The van der Waals surface area contributed by atoms with Crippen LogP contribution in [0.1, 0.15) is 35.3 Å². The highest BCUT2D eigenvalue weighted by Crippen LogP contribution is 2.45. The maximum atomic E-state index is 14.5. The quantitative estimate of drug-likeness (QED) is 0.478. The molecule has 1 saturated heterocycles. The topological polar surface area (TPSA) is 91.8 Å².